The van der Waals surface area contributed by atoms with Gasteiger partial charge in [-0.05, 0) is 61.4 Å². The zero-order chi connectivity index (χ0) is 15.4. The van der Waals surface area contributed by atoms with Crippen LogP contribution in [0.2, 0.25) is 0 Å². The number of halogens is 2. The van der Waals surface area contributed by atoms with Crippen LogP contribution in [-0.4, -0.2) is 0 Å². The molecular weight excluding hydrogens is 410 g/mol. The highest BCUT2D eigenvalue weighted by atomic mass is 79.9. The summed E-state index contributed by atoms with van der Waals surface area (Å²) < 4.78 is 2.30. The third kappa shape index (κ3) is 4.65. The van der Waals surface area contributed by atoms with E-state index in [0.29, 0.717) is 12.0 Å². The molecule has 1 nitrogen and oxygen atoms in total. The topological polar surface area (TPSA) is 12.0 Å². The molecule has 1 aromatic carbocycles. The second-order valence-electron chi connectivity index (χ2n) is 5.53. The van der Waals surface area contributed by atoms with Gasteiger partial charge in [0, 0.05) is 21.9 Å². The lowest BCUT2D eigenvalue weighted by molar-refractivity contribution is 0.412. The van der Waals surface area contributed by atoms with Gasteiger partial charge < -0.3 is 5.32 Å². The van der Waals surface area contributed by atoms with E-state index in [9.17, 15) is 0 Å². The second-order valence-corrected chi connectivity index (χ2v) is 8.84. The Kier molecular flexibility index (Phi) is 6.48. The molecule has 0 saturated heterocycles. The van der Waals surface area contributed by atoms with Crippen molar-refractivity contribution in [1.29, 1.82) is 0 Å². The molecule has 0 radical (unpaired) electrons. The van der Waals surface area contributed by atoms with Crippen molar-refractivity contribution in [2.75, 3.05) is 0 Å². The first kappa shape index (κ1) is 17.2. The molecule has 1 heterocycles. The summed E-state index contributed by atoms with van der Waals surface area (Å²) in [5.41, 5.74) is 2.77. The van der Waals surface area contributed by atoms with Crippen LogP contribution in [0.15, 0.2) is 38.6 Å². The molecular formula is C17H21Br2NS. The number of hydrogen-bond acceptors (Lipinski definition) is 2. The molecule has 1 unspecified atom stereocenters. The molecule has 0 bridgehead atoms. The van der Waals surface area contributed by atoms with Crippen molar-refractivity contribution in [3.05, 3.63) is 54.6 Å². The summed E-state index contributed by atoms with van der Waals surface area (Å²) in [4.78, 5) is 1.34. The normalized spacial score (nSPS) is 12.9. The van der Waals surface area contributed by atoms with Crippen molar-refractivity contribution in [3.8, 4) is 0 Å². The number of aryl methyl sites for hydroxylation is 1. The Morgan fingerprint density at radius 3 is 2.29 bits per heavy atom. The highest BCUT2D eigenvalue weighted by Gasteiger charge is 2.16. The summed E-state index contributed by atoms with van der Waals surface area (Å²) in [6.45, 7) is 7.63. The first-order valence-electron chi connectivity index (χ1n) is 7.27. The van der Waals surface area contributed by atoms with Crippen molar-refractivity contribution in [2.45, 2.75) is 39.8 Å². The predicted octanol–water partition coefficient (Wildman–Crippen LogP) is 6.32. The van der Waals surface area contributed by atoms with Crippen molar-refractivity contribution >= 4 is 43.2 Å². The minimum Gasteiger partial charge on any atom is -0.305 e. The van der Waals surface area contributed by atoms with E-state index in [1.165, 1.54) is 16.0 Å². The molecule has 1 atom stereocenters. The van der Waals surface area contributed by atoms with E-state index in [0.717, 1.165) is 21.2 Å². The number of rotatable bonds is 6. The third-order valence-electron chi connectivity index (χ3n) is 3.61. The Morgan fingerprint density at radius 2 is 1.81 bits per heavy atom. The molecule has 0 fully saturated rings. The van der Waals surface area contributed by atoms with Crippen LogP contribution < -0.4 is 5.32 Å². The van der Waals surface area contributed by atoms with Gasteiger partial charge in [-0.25, -0.2) is 0 Å². The van der Waals surface area contributed by atoms with E-state index in [1.54, 1.807) is 11.3 Å². The van der Waals surface area contributed by atoms with Crippen molar-refractivity contribution in [1.82, 2.24) is 5.32 Å². The van der Waals surface area contributed by atoms with Gasteiger partial charge in [-0.3, -0.25) is 0 Å². The molecule has 0 amide bonds. The fourth-order valence-electron chi connectivity index (χ4n) is 2.39. The summed E-state index contributed by atoms with van der Waals surface area (Å²) in [7, 11) is 0. The molecule has 2 aromatic rings. The Balaban J connectivity index is 2.07. The standard InChI is InChI=1S/C17H21Br2NS/c1-4-12-5-7-13(8-6-12)16(11(2)3)20-10-14-9-15(18)17(19)21-14/h5-9,11,16,20H,4,10H2,1-3H3. The van der Waals surface area contributed by atoms with Gasteiger partial charge in [-0.2, -0.15) is 0 Å². The highest BCUT2D eigenvalue weighted by Crippen LogP contribution is 2.33. The molecule has 0 spiro atoms. The summed E-state index contributed by atoms with van der Waals surface area (Å²) in [6.07, 6.45) is 1.09. The number of thiophene rings is 1. The van der Waals surface area contributed by atoms with Crippen LogP contribution in [0.5, 0.6) is 0 Å². The van der Waals surface area contributed by atoms with E-state index in [2.05, 4.69) is 88.3 Å². The molecule has 1 N–H and O–H groups in total. The first-order valence-corrected chi connectivity index (χ1v) is 9.67. The van der Waals surface area contributed by atoms with Crippen LogP contribution >= 0.6 is 43.2 Å². The molecule has 2 rings (SSSR count). The average molecular weight is 431 g/mol. The van der Waals surface area contributed by atoms with Crippen LogP contribution in [0.1, 0.15) is 42.8 Å². The maximum absolute atomic E-state index is 3.70. The first-order chi connectivity index (χ1) is 10.0. The fourth-order valence-corrected chi connectivity index (χ4v) is 4.52. The van der Waals surface area contributed by atoms with Gasteiger partial charge in [0.15, 0.2) is 0 Å². The van der Waals surface area contributed by atoms with Gasteiger partial charge in [0.2, 0.25) is 0 Å². The quantitative estimate of drug-likeness (QED) is 0.564. The minimum absolute atomic E-state index is 0.385. The van der Waals surface area contributed by atoms with E-state index in [-0.39, 0.29) is 0 Å². The minimum atomic E-state index is 0.385. The number of hydrogen-bond donors (Lipinski definition) is 1. The van der Waals surface area contributed by atoms with Gasteiger partial charge >= 0.3 is 0 Å². The van der Waals surface area contributed by atoms with Crippen molar-refractivity contribution in [3.63, 3.8) is 0 Å². The Morgan fingerprint density at radius 1 is 1.14 bits per heavy atom. The number of nitrogens with one attached hydrogen (secondary N) is 1. The SMILES string of the molecule is CCc1ccc(C(NCc2cc(Br)c(Br)s2)C(C)C)cc1. The van der Waals surface area contributed by atoms with Gasteiger partial charge in [-0.1, -0.05) is 45.0 Å². The summed E-state index contributed by atoms with van der Waals surface area (Å²) in [5.74, 6) is 0.560. The monoisotopic (exact) mass is 429 g/mol. The molecule has 114 valence electrons. The van der Waals surface area contributed by atoms with Gasteiger partial charge in [0.25, 0.3) is 0 Å². The van der Waals surface area contributed by atoms with Crippen LogP contribution in [0.3, 0.4) is 0 Å². The Bertz CT molecular complexity index is 555. The Hall–Kier alpha value is -0.160. The van der Waals surface area contributed by atoms with E-state index in [1.807, 2.05) is 0 Å². The fraction of sp³-hybridized carbons (Fsp3) is 0.412. The smallest absolute Gasteiger partial charge is 0.0843 e. The molecule has 1 aromatic heterocycles. The molecule has 0 aliphatic heterocycles. The van der Waals surface area contributed by atoms with E-state index < -0.39 is 0 Å². The van der Waals surface area contributed by atoms with Crippen molar-refractivity contribution < 1.29 is 0 Å². The lowest BCUT2D eigenvalue weighted by Crippen LogP contribution is -2.25. The number of benzene rings is 1. The average Bonchev–Trinajstić information content (AvgIpc) is 2.78. The second kappa shape index (κ2) is 7.91. The lowest BCUT2D eigenvalue weighted by Gasteiger charge is -2.23. The predicted molar refractivity (Wildman–Crippen MR) is 100.0 cm³/mol. The van der Waals surface area contributed by atoms with Crippen LogP contribution in [0.4, 0.5) is 0 Å². The van der Waals surface area contributed by atoms with E-state index >= 15 is 0 Å². The zero-order valence-electron chi connectivity index (χ0n) is 12.6. The highest BCUT2D eigenvalue weighted by molar-refractivity contribution is 9.13. The molecule has 0 aliphatic rings. The van der Waals surface area contributed by atoms with Crippen molar-refractivity contribution in [2.24, 2.45) is 5.92 Å². The molecule has 4 heteroatoms. The lowest BCUT2D eigenvalue weighted by atomic mass is 9.95. The maximum atomic E-state index is 3.70. The van der Waals surface area contributed by atoms with Gasteiger partial charge in [-0.15, -0.1) is 11.3 Å². The molecule has 21 heavy (non-hydrogen) atoms. The van der Waals surface area contributed by atoms with E-state index in [4.69, 9.17) is 0 Å². The summed E-state index contributed by atoms with van der Waals surface area (Å²) in [5, 5.41) is 3.70. The van der Waals surface area contributed by atoms with Crippen LogP contribution in [0.25, 0.3) is 0 Å². The molecule has 0 saturated carbocycles. The third-order valence-corrected chi connectivity index (χ3v) is 6.86. The zero-order valence-corrected chi connectivity index (χ0v) is 16.6. The van der Waals surface area contributed by atoms with Crippen LogP contribution in [-0.2, 0) is 13.0 Å². The Labute approximate surface area is 148 Å². The van der Waals surface area contributed by atoms with Gasteiger partial charge in [0.05, 0.1) is 3.79 Å². The summed E-state index contributed by atoms with van der Waals surface area (Å²) in [6, 6.07) is 11.6. The maximum Gasteiger partial charge on any atom is 0.0843 e. The van der Waals surface area contributed by atoms with Crippen LogP contribution in [0, 0.1) is 5.92 Å². The summed E-state index contributed by atoms with van der Waals surface area (Å²) >= 11 is 8.88. The van der Waals surface area contributed by atoms with Gasteiger partial charge in [0.1, 0.15) is 0 Å². The largest absolute Gasteiger partial charge is 0.305 e. The molecule has 0 aliphatic carbocycles.